The van der Waals surface area contributed by atoms with Crippen molar-refractivity contribution in [3.63, 3.8) is 0 Å². The highest BCUT2D eigenvalue weighted by Gasteiger charge is 2.21. The van der Waals surface area contributed by atoms with Crippen molar-refractivity contribution in [1.82, 2.24) is 5.01 Å². The van der Waals surface area contributed by atoms with E-state index in [0.717, 1.165) is 35.4 Å². The summed E-state index contributed by atoms with van der Waals surface area (Å²) in [5.41, 5.74) is 14.6. The van der Waals surface area contributed by atoms with E-state index in [-0.39, 0.29) is 0 Å². The maximum absolute atomic E-state index is 6.47. The third-order valence-corrected chi connectivity index (χ3v) is 4.34. The summed E-state index contributed by atoms with van der Waals surface area (Å²) in [4.78, 5) is 0. The zero-order valence-corrected chi connectivity index (χ0v) is 12.7. The average molecular weight is 279 g/mol. The smallest absolute Gasteiger partial charge is 0.0603 e. The number of rotatable bonds is 2. The standard InChI is InChI=1S/C18H21N3/c1-4-15-9-8-14(11-21(15)20-3)17-12(2)10-13-6-5-7-16(13)18(17)19/h4,8-11H,3,5-7,19H2,1-2H3/b15-4-. The van der Waals surface area contributed by atoms with Gasteiger partial charge < -0.3 is 5.73 Å². The predicted octanol–water partition coefficient (Wildman–Crippen LogP) is 3.80. The van der Waals surface area contributed by atoms with E-state index in [1.165, 1.54) is 23.1 Å². The lowest BCUT2D eigenvalue weighted by molar-refractivity contribution is 0.516. The number of hydrogen-bond donors (Lipinski definition) is 1. The van der Waals surface area contributed by atoms with Gasteiger partial charge in [0.05, 0.1) is 5.70 Å². The Morgan fingerprint density at radius 2 is 2.14 bits per heavy atom. The third kappa shape index (κ3) is 2.19. The second-order valence-corrected chi connectivity index (χ2v) is 5.59. The fourth-order valence-corrected chi connectivity index (χ4v) is 3.31. The number of allylic oxidation sites excluding steroid dienone is 4. The Kier molecular flexibility index (Phi) is 3.42. The van der Waals surface area contributed by atoms with Gasteiger partial charge in [-0.2, -0.15) is 5.10 Å². The van der Waals surface area contributed by atoms with Crippen LogP contribution in [0.25, 0.3) is 5.57 Å². The van der Waals surface area contributed by atoms with Crippen LogP contribution in [0.15, 0.2) is 41.3 Å². The van der Waals surface area contributed by atoms with Gasteiger partial charge in [-0.05, 0) is 55.9 Å². The van der Waals surface area contributed by atoms with E-state index >= 15 is 0 Å². The Morgan fingerprint density at radius 3 is 2.86 bits per heavy atom. The van der Waals surface area contributed by atoms with Gasteiger partial charge in [0.25, 0.3) is 0 Å². The molecule has 1 aliphatic heterocycles. The van der Waals surface area contributed by atoms with Crippen molar-refractivity contribution in [2.24, 2.45) is 5.10 Å². The summed E-state index contributed by atoms with van der Waals surface area (Å²) in [5, 5.41) is 5.85. The molecule has 108 valence electrons. The molecule has 3 heteroatoms. The van der Waals surface area contributed by atoms with E-state index in [1.54, 1.807) is 5.01 Å². The quantitative estimate of drug-likeness (QED) is 0.661. The minimum absolute atomic E-state index is 0.936. The summed E-state index contributed by atoms with van der Waals surface area (Å²) in [5.74, 6) is 0. The van der Waals surface area contributed by atoms with Gasteiger partial charge in [0.2, 0.25) is 0 Å². The summed E-state index contributed by atoms with van der Waals surface area (Å²) in [6, 6.07) is 2.29. The van der Waals surface area contributed by atoms with Gasteiger partial charge in [0.1, 0.15) is 0 Å². The Labute approximate surface area is 126 Å². The van der Waals surface area contributed by atoms with Crippen molar-refractivity contribution >= 4 is 18.0 Å². The molecular weight excluding hydrogens is 258 g/mol. The lowest BCUT2D eigenvalue weighted by Gasteiger charge is -2.23. The molecule has 1 aromatic rings. The first-order valence-electron chi connectivity index (χ1n) is 7.39. The normalized spacial score (nSPS) is 18.9. The molecular formula is C18H21N3. The Morgan fingerprint density at radius 1 is 1.33 bits per heavy atom. The van der Waals surface area contributed by atoms with Crippen molar-refractivity contribution in [3.8, 4) is 0 Å². The van der Waals surface area contributed by atoms with E-state index in [4.69, 9.17) is 5.73 Å². The van der Waals surface area contributed by atoms with Gasteiger partial charge in [0, 0.05) is 29.7 Å². The highest BCUT2D eigenvalue weighted by atomic mass is 15.4. The van der Waals surface area contributed by atoms with Crippen LogP contribution in [-0.4, -0.2) is 11.7 Å². The summed E-state index contributed by atoms with van der Waals surface area (Å²) >= 11 is 0. The number of anilines is 1. The maximum Gasteiger partial charge on any atom is 0.0603 e. The zero-order valence-electron chi connectivity index (χ0n) is 12.7. The molecule has 2 N–H and O–H groups in total. The van der Waals surface area contributed by atoms with Crippen molar-refractivity contribution in [2.45, 2.75) is 33.1 Å². The molecule has 1 aromatic carbocycles. The van der Waals surface area contributed by atoms with Crippen molar-refractivity contribution in [2.75, 3.05) is 5.73 Å². The van der Waals surface area contributed by atoms with Crippen LogP contribution in [0, 0.1) is 6.92 Å². The average Bonchev–Trinajstić information content (AvgIpc) is 2.95. The van der Waals surface area contributed by atoms with Gasteiger partial charge in [-0.15, -0.1) is 0 Å². The fraction of sp³-hybridized carbons (Fsp3) is 0.278. The molecule has 0 saturated heterocycles. The number of benzene rings is 1. The third-order valence-electron chi connectivity index (χ3n) is 4.34. The van der Waals surface area contributed by atoms with Crippen molar-refractivity contribution < 1.29 is 0 Å². The molecule has 0 amide bonds. The summed E-state index contributed by atoms with van der Waals surface area (Å²) < 4.78 is 0. The van der Waals surface area contributed by atoms with Gasteiger partial charge in [0.15, 0.2) is 0 Å². The predicted molar refractivity (Wildman–Crippen MR) is 89.9 cm³/mol. The Bertz CT molecular complexity index is 693. The van der Waals surface area contributed by atoms with Crippen molar-refractivity contribution in [3.05, 3.63) is 58.4 Å². The van der Waals surface area contributed by atoms with Crippen LogP contribution in [0.5, 0.6) is 0 Å². The second kappa shape index (κ2) is 5.24. The zero-order chi connectivity index (χ0) is 15.0. The monoisotopic (exact) mass is 279 g/mol. The van der Waals surface area contributed by atoms with E-state index in [9.17, 15) is 0 Å². The molecule has 1 aliphatic carbocycles. The molecule has 0 radical (unpaired) electrons. The molecule has 0 saturated carbocycles. The molecule has 1 heterocycles. The molecule has 0 fully saturated rings. The van der Waals surface area contributed by atoms with Crippen LogP contribution in [0.4, 0.5) is 5.69 Å². The molecule has 0 spiro atoms. The molecule has 0 atom stereocenters. The minimum Gasteiger partial charge on any atom is -0.398 e. The van der Waals surface area contributed by atoms with Gasteiger partial charge in [-0.3, -0.25) is 0 Å². The fourth-order valence-electron chi connectivity index (χ4n) is 3.31. The van der Waals surface area contributed by atoms with Gasteiger partial charge in [-0.1, -0.05) is 18.2 Å². The number of fused-ring (bicyclic) bond motifs is 1. The van der Waals surface area contributed by atoms with Crippen LogP contribution in [-0.2, 0) is 12.8 Å². The second-order valence-electron chi connectivity index (χ2n) is 5.59. The number of hydrogen-bond acceptors (Lipinski definition) is 3. The SMILES string of the molecule is C=NN1C=C(c2c(C)cc3c(c2N)CCC3)C=C/C1=C/C. The highest BCUT2D eigenvalue weighted by molar-refractivity contribution is 5.86. The number of aryl methyl sites for hydroxylation is 2. The molecule has 3 nitrogen and oxygen atoms in total. The Balaban J connectivity index is 2.12. The molecule has 0 aromatic heterocycles. The number of nitrogens with zero attached hydrogens (tertiary/aromatic N) is 2. The lowest BCUT2D eigenvalue weighted by atomic mass is 9.92. The largest absolute Gasteiger partial charge is 0.398 e. The van der Waals surface area contributed by atoms with Crippen molar-refractivity contribution in [1.29, 1.82) is 0 Å². The molecule has 21 heavy (non-hydrogen) atoms. The van der Waals surface area contributed by atoms with E-state index in [2.05, 4.69) is 37.0 Å². The minimum atomic E-state index is 0.936. The maximum atomic E-state index is 6.47. The van der Waals surface area contributed by atoms with Crippen LogP contribution < -0.4 is 5.73 Å². The van der Waals surface area contributed by atoms with E-state index in [0.29, 0.717) is 0 Å². The van der Waals surface area contributed by atoms with Crippen LogP contribution in [0.1, 0.15) is 35.6 Å². The first-order chi connectivity index (χ1) is 10.2. The van der Waals surface area contributed by atoms with Crippen LogP contribution in [0.2, 0.25) is 0 Å². The van der Waals surface area contributed by atoms with Gasteiger partial charge in [-0.25, -0.2) is 5.01 Å². The van der Waals surface area contributed by atoms with Gasteiger partial charge >= 0.3 is 0 Å². The highest BCUT2D eigenvalue weighted by Crippen LogP contribution is 2.37. The first kappa shape index (κ1) is 13.7. The number of hydrazone groups is 1. The molecule has 0 unspecified atom stereocenters. The summed E-state index contributed by atoms with van der Waals surface area (Å²) in [6.07, 6.45) is 11.6. The lowest BCUT2D eigenvalue weighted by Crippen LogP contribution is -2.12. The molecule has 2 aliphatic rings. The first-order valence-corrected chi connectivity index (χ1v) is 7.39. The molecule has 3 rings (SSSR count). The number of nitrogens with two attached hydrogens (primary N) is 1. The Hall–Kier alpha value is -2.29. The van der Waals surface area contributed by atoms with E-state index in [1.807, 2.05) is 19.2 Å². The van der Waals surface area contributed by atoms with E-state index < -0.39 is 0 Å². The molecule has 0 bridgehead atoms. The number of nitrogen functional groups attached to an aromatic ring is 1. The summed E-state index contributed by atoms with van der Waals surface area (Å²) in [6.45, 7) is 7.77. The topological polar surface area (TPSA) is 41.6 Å². The van der Waals surface area contributed by atoms with Crippen LogP contribution in [0.3, 0.4) is 0 Å². The summed E-state index contributed by atoms with van der Waals surface area (Å²) in [7, 11) is 0. The van der Waals surface area contributed by atoms with Crippen LogP contribution >= 0.6 is 0 Å².